The van der Waals surface area contributed by atoms with Gasteiger partial charge in [0.1, 0.15) is 5.82 Å². The second-order valence-electron chi connectivity index (χ2n) is 7.01. The van der Waals surface area contributed by atoms with Crippen molar-refractivity contribution in [3.05, 3.63) is 53.7 Å². The number of Topliss-reactive ketones (excluding diaryl/α,β-unsaturated/α-hetero) is 1. The molecule has 2 aromatic rings. The van der Waals surface area contributed by atoms with Gasteiger partial charge in [-0.15, -0.1) is 0 Å². The summed E-state index contributed by atoms with van der Waals surface area (Å²) in [5.74, 6) is 0.0442. The number of anilines is 2. The van der Waals surface area contributed by atoms with Crippen LogP contribution in [0.4, 0.5) is 16.3 Å². The summed E-state index contributed by atoms with van der Waals surface area (Å²) >= 11 is 0. The van der Waals surface area contributed by atoms with E-state index in [1.54, 1.807) is 35.2 Å². The zero-order valence-corrected chi connectivity index (χ0v) is 16.1. The van der Waals surface area contributed by atoms with E-state index >= 15 is 0 Å². The van der Waals surface area contributed by atoms with Gasteiger partial charge in [-0.05, 0) is 51.0 Å². The van der Waals surface area contributed by atoms with Crippen molar-refractivity contribution >= 4 is 29.2 Å². The minimum atomic E-state index is -0.287. The average Bonchev–Trinajstić information content (AvgIpc) is 2.68. The van der Waals surface area contributed by atoms with Crippen LogP contribution in [0.15, 0.2) is 42.5 Å². The third-order valence-electron chi connectivity index (χ3n) is 4.74. The molecular formula is C21H24N4O3. The Balaban J connectivity index is 1.60. The van der Waals surface area contributed by atoms with Crippen LogP contribution in [-0.2, 0) is 4.79 Å². The van der Waals surface area contributed by atoms with E-state index in [-0.39, 0.29) is 23.6 Å². The number of urea groups is 1. The zero-order chi connectivity index (χ0) is 20.1. The molecule has 1 saturated heterocycles. The third kappa shape index (κ3) is 4.94. The molecule has 2 heterocycles. The number of carbonyl (C=O) groups is 3. The van der Waals surface area contributed by atoms with Gasteiger partial charge in [0.25, 0.3) is 0 Å². The van der Waals surface area contributed by atoms with E-state index in [1.807, 2.05) is 19.1 Å². The standard InChI is InChI=1S/C21H24N4O3/c1-14-6-3-10-19(22-14)24-20(27)17-8-5-11-25(13-17)21(28)23-18-9-4-7-16(12-18)15(2)26/h3-4,6-7,9-10,12,17H,5,8,11,13H2,1-2H3,(H,23,28)(H,22,24,27). The number of pyridine rings is 1. The number of carbonyl (C=O) groups excluding carboxylic acids is 3. The highest BCUT2D eigenvalue weighted by molar-refractivity contribution is 5.97. The first-order chi connectivity index (χ1) is 13.4. The van der Waals surface area contributed by atoms with Crippen LogP contribution in [0, 0.1) is 12.8 Å². The number of likely N-dealkylation sites (tertiary alicyclic amines) is 1. The quantitative estimate of drug-likeness (QED) is 0.795. The molecule has 0 radical (unpaired) electrons. The number of hydrogen-bond acceptors (Lipinski definition) is 4. The Kier molecular flexibility index (Phi) is 6.03. The van der Waals surface area contributed by atoms with Crippen molar-refractivity contribution in [1.29, 1.82) is 0 Å². The van der Waals surface area contributed by atoms with Gasteiger partial charge >= 0.3 is 6.03 Å². The minimum Gasteiger partial charge on any atom is -0.324 e. The van der Waals surface area contributed by atoms with E-state index in [9.17, 15) is 14.4 Å². The molecule has 28 heavy (non-hydrogen) atoms. The normalized spacial score (nSPS) is 16.4. The highest BCUT2D eigenvalue weighted by Crippen LogP contribution is 2.20. The molecule has 1 aliphatic rings. The van der Waals surface area contributed by atoms with Crippen molar-refractivity contribution in [1.82, 2.24) is 9.88 Å². The van der Waals surface area contributed by atoms with Crippen molar-refractivity contribution in [2.24, 2.45) is 5.92 Å². The molecule has 1 atom stereocenters. The van der Waals surface area contributed by atoms with Crippen molar-refractivity contribution in [2.75, 3.05) is 23.7 Å². The first-order valence-corrected chi connectivity index (χ1v) is 9.34. The molecule has 7 heteroatoms. The van der Waals surface area contributed by atoms with Crippen molar-refractivity contribution in [3.8, 4) is 0 Å². The number of ketones is 1. The van der Waals surface area contributed by atoms with Gasteiger partial charge in [-0.2, -0.15) is 0 Å². The smallest absolute Gasteiger partial charge is 0.321 e. The van der Waals surface area contributed by atoms with E-state index in [4.69, 9.17) is 0 Å². The Morgan fingerprint density at radius 1 is 1.11 bits per heavy atom. The average molecular weight is 380 g/mol. The van der Waals surface area contributed by atoms with Gasteiger partial charge in [-0.1, -0.05) is 18.2 Å². The van der Waals surface area contributed by atoms with Crippen LogP contribution in [-0.4, -0.2) is 40.7 Å². The first-order valence-electron chi connectivity index (χ1n) is 9.34. The molecule has 2 N–H and O–H groups in total. The fraction of sp³-hybridized carbons (Fsp3) is 0.333. The summed E-state index contributed by atoms with van der Waals surface area (Å²) in [5, 5.41) is 5.65. The van der Waals surface area contributed by atoms with Crippen LogP contribution in [0.5, 0.6) is 0 Å². The minimum absolute atomic E-state index is 0.0597. The lowest BCUT2D eigenvalue weighted by molar-refractivity contribution is -0.121. The van der Waals surface area contributed by atoms with Crippen LogP contribution in [0.3, 0.4) is 0 Å². The molecule has 0 saturated carbocycles. The lowest BCUT2D eigenvalue weighted by atomic mass is 9.97. The van der Waals surface area contributed by atoms with E-state index in [2.05, 4.69) is 15.6 Å². The zero-order valence-electron chi connectivity index (χ0n) is 16.1. The number of hydrogen-bond donors (Lipinski definition) is 2. The van der Waals surface area contributed by atoms with Crippen LogP contribution >= 0.6 is 0 Å². The van der Waals surface area contributed by atoms with Crippen molar-refractivity contribution in [3.63, 3.8) is 0 Å². The number of aromatic nitrogens is 1. The molecule has 1 unspecified atom stereocenters. The van der Waals surface area contributed by atoms with Gasteiger partial charge in [0.05, 0.1) is 5.92 Å². The molecule has 0 spiro atoms. The van der Waals surface area contributed by atoms with E-state index in [0.29, 0.717) is 30.2 Å². The van der Waals surface area contributed by atoms with E-state index in [1.165, 1.54) is 6.92 Å². The van der Waals surface area contributed by atoms with Crippen LogP contribution < -0.4 is 10.6 Å². The second-order valence-corrected chi connectivity index (χ2v) is 7.01. The van der Waals surface area contributed by atoms with Crippen LogP contribution in [0.25, 0.3) is 0 Å². The molecule has 0 aliphatic carbocycles. The Bertz CT molecular complexity index is 897. The Morgan fingerprint density at radius 3 is 2.64 bits per heavy atom. The summed E-state index contributed by atoms with van der Waals surface area (Å²) in [6.45, 7) is 4.28. The summed E-state index contributed by atoms with van der Waals surface area (Å²) in [5.41, 5.74) is 1.93. The first kappa shape index (κ1) is 19.5. The molecule has 1 fully saturated rings. The SMILES string of the molecule is CC(=O)c1cccc(NC(=O)N2CCCC(C(=O)Nc3cccc(C)n3)C2)c1. The Hall–Kier alpha value is -3.22. The monoisotopic (exact) mass is 380 g/mol. The molecule has 3 rings (SSSR count). The topological polar surface area (TPSA) is 91.4 Å². The number of benzene rings is 1. The lowest BCUT2D eigenvalue weighted by Crippen LogP contribution is -2.45. The predicted molar refractivity (Wildman–Crippen MR) is 107 cm³/mol. The summed E-state index contributed by atoms with van der Waals surface area (Å²) in [6.07, 6.45) is 1.47. The number of nitrogens with one attached hydrogen (secondary N) is 2. The van der Waals surface area contributed by atoms with E-state index < -0.39 is 0 Å². The maximum atomic E-state index is 12.6. The summed E-state index contributed by atoms with van der Waals surface area (Å²) in [4.78, 5) is 42.6. The molecule has 7 nitrogen and oxygen atoms in total. The predicted octanol–water partition coefficient (Wildman–Crippen LogP) is 3.48. The van der Waals surface area contributed by atoms with Gasteiger partial charge < -0.3 is 15.5 Å². The second kappa shape index (κ2) is 8.65. The van der Waals surface area contributed by atoms with Crippen LogP contribution in [0.1, 0.15) is 35.8 Å². The Morgan fingerprint density at radius 2 is 1.89 bits per heavy atom. The lowest BCUT2D eigenvalue weighted by Gasteiger charge is -2.32. The third-order valence-corrected chi connectivity index (χ3v) is 4.74. The summed E-state index contributed by atoms with van der Waals surface area (Å²) in [7, 11) is 0. The summed E-state index contributed by atoms with van der Waals surface area (Å²) < 4.78 is 0. The fourth-order valence-corrected chi connectivity index (χ4v) is 3.24. The maximum Gasteiger partial charge on any atom is 0.321 e. The number of amides is 3. The fourth-order valence-electron chi connectivity index (χ4n) is 3.24. The number of piperidine rings is 1. The maximum absolute atomic E-state index is 12.6. The molecule has 0 bridgehead atoms. The van der Waals surface area contributed by atoms with Crippen LogP contribution in [0.2, 0.25) is 0 Å². The molecule has 3 amide bonds. The molecule has 1 aromatic heterocycles. The van der Waals surface area contributed by atoms with Gasteiger partial charge in [0.15, 0.2) is 5.78 Å². The number of rotatable bonds is 4. The van der Waals surface area contributed by atoms with Gasteiger partial charge in [-0.3, -0.25) is 9.59 Å². The van der Waals surface area contributed by atoms with Crippen molar-refractivity contribution < 1.29 is 14.4 Å². The highest BCUT2D eigenvalue weighted by Gasteiger charge is 2.28. The Labute approximate surface area is 164 Å². The van der Waals surface area contributed by atoms with Gasteiger partial charge in [0, 0.05) is 30.0 Å². The summed E-state index contributed by atoms with van der Waals surface area (Å²) in [6, 6.07) is 12.0. The number of nitrogens with zero attached hydrogens (tertiary/aromatic N) is 2. The highest BCUT2D eigenvalue weighted by atomic mass is 16.2. The van der Waals surface area contributed by atoms with Gasteiger partial charge in [-0.25, -0.2) is 9.78 Å². The number of aryl methyl sites for hydroxylation is 1. The van der Waals surface area contributed by atoms with Gasteiger partial charge in [0.2, 0.25) is 5.91 Å². The van der Waals surface area contributed by atoms with Crippen molar-refractivity contribution in [2.45, 2.75) is 26.7 Å². The molecular weight excluding hydrogens is 356 g/mol. The largest absolute Gasteiger partial charge is 0.324 e. The van der Waals surface area contributed by atoms with E-state index in [0.717, 1.165) is 18.5 Å². The molecule has 146 valence electrons. The molecule has 1 aromatic carbocycles. The molecule has 1 aliphatic heterocycles.